The molecule has 2 aromatic rings. The fraction of sp³-hybridized carbons (Fsp3) is 0.333. The topological polar surface area (TPSA) is 32.9 Å². The van der Waals surface area contributed by atoms with Crippen LogP contribution in [-0.4, -0.2) is 18.8 Å². The smallest absolute Gasteiger partial charge is 0.173 e. The van der Waals surface area contributed by atoms with Crippen molar-refractivity contribution in [2.24, 2.45) is 10.2 Å². The molecule has 0 saturated carbocycles. The van der Waals surface area contributed by atoms with Crippen molar-refractivity contribution in [2.45, 2.75) is 19.8 Å². The Labute approximate surface area is 114 Å². The van der Waals surface area contributed by atoms with Gasteiger partial charge < -0.3 is 5.01 Å². The Kier molecular flexibility index (Phi) is 4.00. The van der Waals surface area contributed by atoms with Crippen LogP contribution in [0.3, 0.4) is 0 Å². The Hall–Kier alpha value is -2.10. The summed E-state index contributed by atoms with van der Waals surface area (Å²) in [6.45, 7) is 4.36. The molecule has 0 saturated heterocycles. The second-order valence-electron chi connectivity index (χ2n) is 5.00. The van der Waals surface area contributed by atoms with E-state index in [1.54, 1.807) is 0 Å². The van der Waals surface area contributed by atoms with Crippen LogP contribution in [0, 0.1) is 0 Å². The maximum Gasteiger partial charge on any atom is 0.173 e. The molecule has 0 unspecified atom stereocenters. The zero-order chi connectivity index (χ0) is 13.8. The normalized spacial score (nSPS) is 11.4. The number of hydrogen-bond donors (Lipinski definition) is 0. The largest absolute Gasteiger partial charge is 0.317 e. The van der Waals surface area contributed by atoms with E-state index in [0.717, 1.165) is 11.5 Å². The van der Waals surface area contributed by atoms with Gasteiger partial charge in [-0.1, -0.05) is 26.0 Å². The summed E-state index contributed by atoms with van der Waals surface area (Å²) in [6, 6.07) is 12.1. The molecule has 0 radical (unpaired) electrons. The molecule has 4 heteroatoms. The molecule has 19 heavy (non-hydrogen) atoms. The Balaban J connectivity index is 2.16. The van der Waals surface area contributed by atoms with Gasteiger partial charge in [-0.15, -0.1) is 10.2 Å². The molecule has 0 amide bonds. The predicted molar refractivity (Wildman–Crippen MR) is 79.2 cm³/mol. The maximum atomic E-state index is 4.28. The number of rotatable bonds is 4. The molecule has 0 aliphatic carbocycles. The SMILES string of the molecule is CC(C)c1ccc(N=Nc2cccn2N(C)C)cc1. The third-order valence-corrected chi connectivity index (χ3v) is 2.97. The van der Waals surface area contributed by atoms with Gasteiger partial charge in [-0.25, -0.2) is 4.68 Å². The number of benzene rings is 1. The third-order valence-electron chi connectivity index (χ3n) is 2.97. The van der Waals surface area contributed by atoms with Gasteiger partial charge >= 0.3 is 0 Å². The van der Waals surface area contributed by atoms with Crippen molar-refractivity contribution in [3.05, 3.63) is 48.2 Å². The Morgan fingerprint density at radius 3 is 2.26 bits per heavy atom. The summed E-state index contributed by atoms with van der Waals surface area (Å²) < 4.78 is 1.94. The van der Waals surface area contributed by atoms with Gasteiger partial charge in [0.05, 0.1) is 5.69 Å². The standard InChI is InChI=1S/C15H20N4/c1-12(2)13-7-9-14(10-8-13)16-17-15-6-5-11-19(15)18(3)4/h5-12H,1-4H3. The summed E-state index contributed by atoms with van der Waals surface area (Å²) in [7, 11) is 3.94. The lowest BCUT2D eigenvalue weighted by atomic mass is 10.0. The Morgan fingerprint density at radius 1 is 1.00 bits per heavy atom. The van der Waals surface area contributed by atoms with Gasteiger partial charge in [-0.2, -0.15) is 0 Å². The number of azo groups is 1. The fourth-order valence-electron chi connectivity index (χ4n) is 1.82. The molecule has 4 nitrogen and oxygen atoms in total. The van der Waals surface area contributed by atoms with Crippen molar-refractivity contribution < 1.29 is 0 Å². The van der Waals surface area contributed by atoms with Crippen molar-refractivity contribution in [2.75, 3.05) is 19.1 Å². The molecule has 0 N–H and O–H groups in total. The molecule has 1 aromatic carbocycles. The summed E-state index contributed by atoms with van der Waals surface area (Å²) in [5.74, 6) is 1.36. The van der Waals surface area contributed by atoms with Gasteiger partial charge in [-0.05, 0) is 35.7 Å². The van der Waals surface area contributed by atoms with E-state index in [4.69, 9.17) is 0 Å². The summed E-state index contributed by atoms with van der Waals surface area (Å²) in [5.41, 5.74) is 2.19. The molecule has 0 spiro atoms. The van der Waals surface area contributed by atoms with Crippen LogP contribution in [0.2, 0.25) is 0 Å². The second-order valence-corrected chi connectivity index (χ2v) is 5.00. The minimum Gasteiger partial charge on any atom is -0.317 e. The lowest BCUT2D eigenvalue weighted by molar-refractivity contribution is 0.735. The van der Waals surface area contributed by atoms with Crippen molar-refractivity contribution in [3.8, 4) is 0 Å². The van der Waals surface area contributed by atoms with Crippen LogP contribution in [0.4, 0.5) is 11.5 Å². The monoisotopic (exact) mass is 256 g/mol. The van der Waals surface area contributed by atoms with Crippen LogP contribution >= 0.6 is 0 Å². The van der Waals surface area contributed by atoms with Gasteiger partial charge in [0, 0.05) is 20.3 Å². The molecule has 0 fully saturated rings. The first-order valence-corrected chi connectivity index (χ1v) is 6.44. The summed E-state index contributed by atoms with van der Waals surface area (Å²) in [6.07, 6.45) is 1.95. The lowest BCUT2D eigenvalue weighted by Gasteiger charge is -2.15. The van der Waals surface area contributed by atoms with Crippen LogP contribution in [0.15, 0.2) is 52.8 Å². The van der Waals surface area contributed by atoms with Gasteiger partial charge in [0.2, 0.25) is 0 Å². The fourth-order valence-corrected chi connectivity index (χ4v) is 1.82. The van der Waals surface area contributed by atoms with Gasteiger partial charge in [0.25, 0.3) is 0 Å². The van der Waals surface area contributed by atoms with E-state index in [1.165, 1.54) is 5.56 Å². The first-order chi connectivity index (χ1) is 9.08. The van der Waals surface area contributed by atoms with Crippen LogP contribution in [0.1, 0.15) is 25.3 Å². The van der Waals surface area contributed by atoms with E-state index < -0.39 is 0 Å². The zero-order valence-corrected chi connectivity index (χ0v) is 11.9. The van der Waals surface area contributed by atoms with E-state index >= 15 is 0 Å². The molecule has 0 atom stereocenters. The lowest BCUT2D eigenvalue weighted by Crippen LogP contribution is -2.22. The van der Waals surface area contributed by atoms with E-state index in [9.17, 15) is 0 Å². The molecular formula is C15H20N4. The molecule has 0 aliphatic rings. The average Bonchev–Trinajstić information content (AvgIpc) is 2.85. The van der Waals surface area contributed by atoms with Crippen molar-refractivity contribution in [1.82, 2.24) is 4.68 Å². The van der Waals surface area contributed by atoms with Crippen molar-refractivity contribution >= 4 is 11.5 Å². The van der Waals surface area contributed by atoms with Crippen molar-refractivity contribution in [1.29, 1.82) is 0 Å². The Bertz CT molecular complexity index is 550. The molecule has 0 aliphatic heterocycles. The highest BCUT2D eigenvalue weighted by molar-refractivity contribution is 5.40. The van der Waals surface area contributed by atoms with E-state index in [0.29, 0.717) is 5.92 Å². The maximum absolute atomic E-state index is 4.28. The van der Waals surface area contributed by atoms with Gasteiger partial charge in [0.15, 0.2) is 5.82 Å². The first-order valence-electron chi connectivity index (χ1n) is 6.44. The van der Waals surface area contributed by atoms with Crippen LogP contribution in [-0.2, 0) is 0 Å². The summed E-state index contributed by atoms with van der Waals surface area (Å²) in [4.78, 5) is 0. The molecule has 100 valence electrons. The van der Waals surface area contributed by atoms with Gasteiger partial charge in [0.1, 0.15) is 0 Å². The predicted octanol–water partition coefficient (Wildman–Crippen LogP) is 4.22. The van der Waals surface area contributed by atoms with E-state index in [-0.39, 0.29) is 0 Å². The number of nitrogens with zero attached hydrogens (tertiary/aromatic N) is 4. The highest BCUT2D eigenvalue weighted by Crippen LogP contribution is 2.21. The Morgan fingerprint density at radius 2 is 1.68 bits per heavy atom. The second kappa shape index (κ2) is 5.69. The van der Waals surface area contributed by atoms with E-state index in [2.05, 4.69) is 36.2 Å². The molecule has 1 heterocycles. The van der Waals surface area contributed by atoms with Crippen LogP contribution < -0.4 is 5.01 Å². The minimum absolute atomic E-state index is 0.539. The molecule has 2 rings (SSSR count). The summed E-state index contributed by atoms with van der Waals surface area (Å²) in [5, 5.41) is 10.5. The van der Waals surface area contributed by atoms with Crippen LogP contribution in [0.25, 0.3) is 0 Å². The van der Waals surface area contributed by atoms with Gasteiger partial charge in [-0.3, -0.25) is 0 Å². The molecule has 0 bridgehead atoms. The van der Waals surface area contributed by atoms with E-state index in [1.807, 2.05) is 54.2 Å². The first kappa shape index (κ1) is 13.3. The molecular weight excluding hydrogens is 236 g/mol. The zero-order valence-electron chi connectivity index (χ0n) is 11.9. The van der Waals surface area contributed by atoms with Crippen LogP contribution in [0.5, 0.6) is 0 Å². The third kappa shape index (κ3) is 3.22. The number of aromatic nitrogens is 1. The molecule has 1 aromatic heterocycles. The number of hydrogen-bond acceptors (Lipinski definition) is 3. The minimum atomic E-state index is 0.539. The average molecular weight is 256 g/mol. The highest BCUT2D eigenvalue weighted by atomic mass is 15.5. The quantitative estimate of drug-likeness (QED) is 0.754. The van der Waals surface area contributed by atoms with Crippen molar-refractivity contribution in [3.63, 3.8) is 0 Å². The summed E-state index contributed by atoms with van der Waals surface area (Å²) >= 11 is 0. The highest BCUT2D eigenvalue weighted by Gasteiger charge is 2.01.